The fourth-order valence-electron chi connectivity index (χ4n) is 2.50. The molecule has 1 rings (SSSR count). The molecule has 1 N–H and O–H groups in total. The molecule has 0 aromatic heterocycles. The van der Waals surface area contributed by atoms with Crippen LogP contribution in [0.5, 0.6) is 5.75 Å². The highest BCUT2D eigenvalue weighted by Gasteiger charge is 2.25. The summed E-state index contributed by atoms with van der Waals surface area (Å²) in [7, 11) is 1.74. The first-order valence-electron chi connectivity index (χ1n) is 6.38. The molecule has 0 fully saturated rings. The third-order valence-corrected chi connectivity index (χ3v) is 3.21. The first-order valence-corrected chi connectivity index (χ1v) is 6.38. The van der Waals surface area contributed by atoms with Crippen molar-refractivity contribution in [2.45, 2.75) is 45.6 Å². The highest BCUT2D eigenvalue weighted by atomic mass is 16.5. The van der Waals surface area contributed by atoms with Gasteiger partial charge in [-0.1, -0.05) is 39.0 Å². The van der Waals surface area contributed by atoms with E-state index in [1.54, 1.807) is 7.11 Å². The summed E-state index contributed by atoms with van der Waals surface area (Å²) in [6.45, 7) is 9.95. The molecule has 0 saturated carbocycles. The highest BCUT2D eigenvalue weighted by Crippen LogP contribution is 2.34. The number of ether oxygens (including phenoxy) is 1. The Morgan fingerprint density at radius 2 is 1.94 bits per heavy atom. The lowest BCUT2D eigenvalue weighted by Gasteiger charge is -2.30. The van der Waals surface area contributed by atoms with Crippen molar-refractivity contribution in [3.05, 3.63) is 29.8 Å². The Kier molecular flexibility index (Phi) is 5.01. The van der Waals surface area contributed by atoms with Gasteiger partial charge in [0.1, 0.15) is 5.75 Å². The van der Waals surface area contributed by atoms with Crippen molar-refractivity contribution in [2.75, 3.05) is 13.7 Å². The molecular weight excluding hydrogens is 210 g/mol. The molecule has 17 heavy (non-hydrogen) atoms. The van der Waals surface area contributed by atoms with Gasteiger partial charge in [-0.05, 0) is 36.9 Å². The van der Waals surface area contributed by atoms with Crippen LogP contribution in [0.3, 0.4) is 0 Å². The highest BCUT2D eigenvalue weighted by molar-refractivity contribution is 5.38. The SMILES string of the molecule is CCNC(C)CC(C)(C)c1ccccc1OC. The van der Waals surface area contributed by atoms with E-state index < -0.39 is 0 Å². The molecule has 1 aromatic rings. The molecule has 0 aliphatic heterocycles. The molecule has 1 aromatic carbocycles. The lowest BCUT2D eigenvalue weighted by Crippen LogP contribution is -2.33. The minimum atomic E-state index is 0.119. The Bertz CT molecular complexity index is 347. The third kappa shape index (κ3) is 3.74. The van der Waals surface area contributed by atoms with E-state index in [2.05, 4.69) is 45.1 Å². The van der Waals surface area contributed by atoms with E-state index in [0.29, 0.717) is 6.04 Å². The summed E-state index contributed by atoms with van der Waals surface area (Å²) < 4.78 is 5.45. The first-order chi connectivity index (χ1) is 8.01. The predicted molar refractivity (Wildman–Crippen MR) is 73.8 cm³/mol. The van der Waals surface area contributed by atoms with Crippen molar-refractivity contribution in [2.24, 2.45) is 0 Å². The van der Waals surface area contributed by atoms with E-state index in [0.717, 1.165) is 18.7 Å². The minimum absolute atomic E-state index is 0.119. The van der Waals surface area contributed by atoms with Crippen molar-refractivity contribution in [1.82, 2.24) is 5.32 Å². The van der Waals surface area contributed by atoms with Crippen LogP contribution in [0.2, 0.25) is 0 Å². The number of benzene rings is 1. The Balaban J connectivity index is 2.88. The number of hydrogen-bond acceptors (Lipinski definition) is 2. The smallest absolute Gasteiger partial charge is 0.122 e. The van der Waals surface area contributed by atoms with Crippen LogP contribution in [0.1, 0.15) is 39.7 Å². The van der Waals surface area contributed by atoms with Crippen LogP contribution in [0.4, 0.5) is 0 Å². The maximum absolute atomic E-state index is 5.45. The van der Waals surface area contributed by atoms with Crippen molar-refractivity contribution in [3.63, 3.8) is 0 Å². The van der Waals surface area contributed by atoms with Crippen LogP contribution >= 0.6 is 0 Å². The Labute approximate surface area is 105 Å². The summed E-state index contributed by atoms with van der Waals surface area (Å²) in [5.41, 5.74) is 1.40. The van der Waals surface area contributed by atoms with Crippen LogP contribution in [-0.4, -0.2) is 19.7 Å². The second kappa shape index (κ2) is 6.06. The van der Waals surface area contributed by atoms with Gasteiger partial charge in [-0.2, -0.15) is 0 Å². The molecule has 1 unspecified atom stereocenters. The summed E-state index contributed by atoms with van der Waals surface area (Å²) in [4.78, 5) is 0. The molecular formula is C15H25NO. The van der Waals surface area contributed by atoms with Gasteiger partial charge in [-0.25, -0.2) is 0 Å². The van der Waals surface area contributed by atoms with Crippen LogP contribution in [0, 0.1) is 0 Å². The molecule has 2 nitrogen and oxygen atoms in total. The fourth-order valence-corrected chi connectivity index (χ4v) is 2.50. The summed E-state index contributed by atoms with van der Waals surface area (Å²) >= 11 is 0. The second-order valence-electron chi connectivity index (χ2n) is 5.25. The Morgan fingerprint density at radius 3 is 2.53 bits per heavy atom. The van der Waals surface area contributed by atoms with Crippen LogP contribution in [0.15, 0.2) is 24.3 Å². The molecule has 0 amide bonds. The van der Waals surface area contributed by atoms with E-state index in [9.17, 15) is 0 Å². The van der Waals surface area contributed by atoms with Gasteiger partial charge in [0.05, 0.1) is 7.11 Å². The van der Waals surface area contributed by atoms with Crippen LogP contribution < -0.4 is 10.1 Å². The maximum atomic E-state index is 5.45. The number of rotatable bonds is 6. The van der Waals surface area contributed by atoms with Gasteiger partial charge in [0.25, 0.3) is 0 Å². The zero-order chi connectivity index (χ0) is 12.9. The summed E-state index contributed by atoms with van der Waals surface area (Å²) in [6, 6.07) is 8.82. The largest absolute Gasteiger partial charge is 0.496 e. The average Bonchev–Trinajstić information content (AvgIpc) is 2.28. The quantitative estimate of drug-likeness (QED) is 0.816. The van der Waals surface area contributed by atoms with Gasteiger partial charge in [0, 0.05) is 6.04 Å². The van der Waals surface area contributed by atoms with E-state index in [4.69, 9.17) is 4.74 Å². The lowest BCUT2D eigenvalue weighted by molar-refractivity contribution is 0.361. The Morgan fingerprint density at radius 1 is 1.29 bits per heavy atom. The summed E-state index contributed by atoms with van der Waals surface area (Å²) in [5, 5.41) is 3.47. The molecule has 2 heteroatoms. The standard InChI is InChI=1S/C15H25NO/c1-6-16-12(2)11-15(3,4)13-9-7-8-10-14(13)17-5/h7-10,12,16H,6,11H2,1-5H3. The van der Waals surface area contributed by atoms with Crippen LogP contribution in [0.25, 0.3) is 0 Å². The normalized spacial score (nSPS) is 13.5. The zero-order valence-electron chi connectivity index (χ0n) is 11.7. The number of methoxy groups -OCH3 is 1. The van der Waals surface area contributed by atoms with E-state index in [1.807, 2.05) is 12.1 Å². The van der Waals surface area contributed by atoms with E-state index in [-0.39, 0.29) is 5.41 Å². The predicted octanol–water partition coefficient (Wildman–Crippen LogP) is 3.36. The summed E-state index contributed by atoms with van der Waals surface area (Å²) in [6.07, 6.45) is 1.10. The van der Waals surface area contributed by atoms with E-state index >= 15 is 0 Å². The van der Waals surface area contributed by atoms with Gasteiger partial charge in [-0.3, -0.25) is 0 Å². The van der Waals surface area contributed by atoms with Crippen molar-refractivity contribution in [3.8, 4) is 5.75 Å². The number of hydrogen-bond donors (Lipinski definition) is 1. The minimum Gasteiger partial charge on any atom is -0.496 e. The van der Waals surface area contributed by atoms with Crippen LogP contribution in [-0.2, 0) is 5.41 Å². The number of para-hydroxylation sites is 1. The number of nitrogens with one attached hydrogen (secondary N) is 1. The Hall–Kier alpha value is -1.02. The van der Waals surface area contributed by atoms with Gasteiger partial charge in [0.15, 0.2) is 0 Å². The molecule has 0 bridgehead atoms. The van der Waals surface area contributed by atoms with E-state index in [1.165, 1.54) is 5.56 Å². The zero-order valence-corrected chi connectivity index (χ0v) is 11.7. The molecule has 96 valence electrons. The molecule has 0 radical (unpaired) electrons. The molecule has 0 aliphatic carbocycles. The average molecular weight is 235 g/mol. The van der Waals surface area contributed by atoms with Crippen molar-refractivity contribution in [1.29, 1.82) is 0 Å². The first kappa shape index (κ1) is 14.0. The van der Waals surface area contributed by atoms with Gasteiger partial charge in [0.2, 0.25) is 0 Å². The monoisotopic (exact) mass is 235 g/mol. The fraction of sp³-hybridized carbons (Fsp3) is 0.600. The third-order valence-electron chi connectivity index (χ3n) is 3.21. The second-order valence-corrected chi connectivity index (χ2v) is 5.25. The lowest BCUT2D eigenvalue weighted by atomic mass is 9.79. The summed E-state index contributed by atoms with van der Waals surface area (Å²) in [5.74, 6) is 0.987. The van der Waals surface area contributed by atoms with Crippen molar-refractivity contribution >= 4 is 0 Å². The molecule has 1 atom stereocenters. The maximum Gasteiger partial charge on any atom is 0.122 e. The molecule has 0 heterocycles. The topological polar surface area (TPSA) is 21.3 Å². The molecule has 0 saturated heterocycles. The van der Waals surface area contributed by atoms with Gasteiger partial charge >= 0.3 is 0 Å². The van der Waals surface area contributed by atoms with Crippen molar-refractivity contribution < 1.29 is 4.74 Å². The molecule has 0 spiro atoms. The molecule has 0 aliphatic rings. The van der Waals surface area contributed by atoms with Gasteiger partial charge < -0.3 is 10.1 Å². The van der Waals surface area contributed by atoms with Gasteiger partial charge in [-0.15, -0.1) is 0 Å².